The predicted octanol–water partition coefficient (Wildman–Crippen LogP) is 2.31. The number of hydrogen-bond donors (Lipinski definition) is 2. The van der Waals surface area contributed by atoms with Crippen molar-refractivity contribution in [1.82, 2.24) is 0 Å². The topological polar surface area (TPSA) is 80.4 Å². The maximum atomic E-state index is 12.3. The van der Waals surface area contributed by atoms with Crippen LogP contribution in [-0.2, 0) is 16.4 Å². The first-order chi connectivity index (χ1) is 9.92. The van der Waals surface area contributed by atoms with Crippen LogP contribution in [0.1, 0.15) is 17.2 Å². The molecule has 0 aliphatic rings. The van der Waals surface area contributed by atoms with Gasteiger partial charge < -0.3 is 10.8 Å². The van der Waals surface area contributed by atoms with E-state index in [2.05, 4.69) is 0 Å². The van der Waals surface area contributed by atoms with E-state index in [1.807, 2.05) is 0 Å². The molecule has 2 aromatic rings. The van der Waals surface area contributed by atoms with Crippen molar-refractivity contribution in [2.75, 3.05) is 5.75 Å². The van der Waals surface area contributed by atoms with Crippen molar-refractivity contribution in [2.45, 2.75) is 17.5 Å². The molecular weight excluding hydrogens is 310 g/mol. The smallest absolute Gasteiger partial charge is 0.181 e. The molecule has 112 valence electrons. The van der Waals surface area contributed by atoms with Crippen LogP contribution >= 0.6 is 11.6 Å². The Morgan fingerprint density at radius 3 is 2.38 bits per heavy atom. The van der Waals surface area contributed by atoms with Crippen LogP contribution in [-0.4, -0.2) is 19.3 Å². The molecule has 0 bridgehead atoms. The van der Waals surface area contributed by atoms with Gasteiger partial charge in [0.1, 0.15) is 0 Å². The summed E-state index contributed by atoms with van der Waals surface area (Å²) in [6.07, 6.45) is -1.10. The Hall–Kier alpha value is -1.40. The zero-order valence-electron chi connectivity index (χ0n) is 11.2. The van der Waals surface area contributed by atoms with E-state index in [1.165, 1.54) is 12.1 Å². The van der Waals surface area contributed by atoms with Gasteiger partial charge in [-0.3, -0.25) is 0 Å². The fraction of sp³-hybridized carbons (Fsp3) is 0.200. The lowest BCUT2D eigenvalue weighted by molar-refractivity contribution is 0.201. The van der Waals surface area contributed by atoms with E-state index in [0.29, 0.717) is 17.1 Å². The molecule has 0 saturated heterocycles. The number of rotatable bonds is 5. The standard InChI is InChI=1S/C15H16ClNO3S/c16-13-2-1-3-14(8-13)21(19,20)10-15(18)12-6-4-11(9-17)5-7-12/h1-8,15,18H,9-10,17H2. The summed E-state index contributed by atoms with van der Waals surface area (Å²) < 4.78 is 24.5. The van der Waals surface area contributed by atoms with Gasteiger partial charge in [-0.15, -0.1) is 0 Å². The number of hydrogen-bond acceptors (Lipinski definition) is 4. The fourth-order valence-corrected chi connectivity index (χ4v) is 3.58. The quantitative estimate of drug-likeness (QED) is 0.884. The highest BCUT2D eigenvalue weighted by molar-refractivity contribution is 7.91. The Morgan fingerprint density at radius 1 is 1.14 bits per heavy atom. The van der Waals surface area contributed by atoms with Gasteiger partial charge in [0.05, 0.1) is 16.8 Å². The highest BCUT2D eigenvalue weighted by atomic mass is 35.5. The SMILES string of the molecule is NCc1ccc(C(O)CS(=O)(=O)c2cccc(Cl)c2)cc1. The molecule has 0 amide bonds. The van der Waals surface area contributed by atoms with Crippen LogP contribution < -0.4 is 5.73 Å². The van der Waals surface area contributed by atoms with Crippen molar-refractivity contribution in [3.05, 3.63) is 64.7 Å². The second-order valence-electron chi connectivity index (χ2n) is 4.70. The van der Waals surface area contributed by atoms with Crippen LogP contribution in [0.2, 0.25) is 5.02 Å². The lowest BCUT2D eigenvalue weighted by Crippen LogP contribution is -2.15. The van der Waals surface area contributed by atoms with Gasteiger partial charge in [-0.05, 0) is 29.3 Å². The van der Waals surface area contributed by atoms with Gasteiger partial charge in [0, 0.05) is 11.6 Å². The van der Waals surface area contributed by atoms with Crippen molar-refractivity contribution >= 4 is 21.4 Å². The van der Waals surface area contributed by atoms with Gasteiger partial charge >= 0.3 is 0 Å². The zero-order valence-corrected chi connectivity index (χ0v) is 12.8. The molecule has 0 saturated carbocycles. The van der Waals surface area contributed by atoms with Crippen LogP contribution in [0.3, 0.4) is 0 Å². The summed E-state index contributed by atoms with van der Waals surface area (Å²) in [6, 6.07) is 12.9. The third kappa shape index (κ3) is 4.04. The molecule has 2 aromatic carbocycles. The molecular formula is C15H16ClNO3S. The summed E-state index contributed by atoms with van der Waals surface area (Å²) in [4.78, 5) is 0.104. The molecule has 0 heterocycles. The van der Waals surface area contributed by atoms with Gasteiger partial charge in [-0.25, -0.2) is 8.42 Å². The van der Waals surface area contributed by atoms with E-state index in [1.54, 1.807) is 36.4 Å². The summed E-state index contributed by atoms with van der Waals surface area (Å²) in [7, 11) is -3.60. The lowest BCUT2D eigenvalue weighted by Gasteiger charge is -2.12. The molecule has 0 radical (unpaired) electrons. The second-order valence-corrected chi connectivity index (χ2v) is 7.17. The first kappa shape index (κ1) is 16.0. The van der Waals surface area contributed by atoms with Gasteiger partial charge in [0.2, 0.25) is 0 Å². The highest BCUT2D eigenvalue weighted by Gasteiger charge is 2.21. The molecule has 0 aliphatic carbocycles. The van der Waals surface area contributed by atoms with E-state index in [4.69, 9.17) is 17.3 Å². The van der Waals surface area contributed by atoms with E-state index < -0.39 is 21.7 Å². The summed E-state index contributed by atoms with van der Waals surface area (Å²) >= 11 is 5.80. The number of halogens is 1. The van der Waals surface area contributed by atoms with Gasteiger partial charge in [0.15, 0.2) is 9.84 Å². The first-order valence-electron chi connectivity index (χ1n) is 6.37. The lowest BCUT2D eigenvalue weighted by atomic mass is 10.1. The molecule has 0 aliphatic heterocycles. The van der Waals surface area contributed by atoms with Crippen molar-refractivity contribution in [2.24, 2.45) is 5.73 Å². The number of aliphatic hydroxyl groups excluding tert-OH is 1. The van der Waals surface area contributed by atoms with Crippen LogP contribution in [0.15, 0.2) is 53.4 Å². The molecule has 21 heavy (non-hydrogen) atoms. The maximum Gasteiger partial charge on any atom is 0.181 e. The molecule has 3 N–H and O–H groups in total. The monoisotopic (exact) mass is 325 g/mol. The largest absolute Gasteiger partial charge is 0.387 e. The zero-order chi connectivity index (χ0) is 15.5. The van der Waals surface area contributed by atoms with Gasteiger partial charge in [-0.1, -0.05) is 41.9 Å². The number of nitrogens with two attached hydrogens (primary N) is 1. The molecule has 0 spiro atoms. The molecule has 6 heteroatoms. The van der Waals surface area contributed by atoms with E-state index in [0.717, 1.165) is 5.56 Å². The average molecular weight is 326 g/mol. The summed E-state index contributed by atoms with van der Waals surface area (Å²) in [6.45, 7) is 0.400. The Bertz CT molecular complexity index is 714. The Morgan fingerprint density at radius 2 is 1.81 bits per heavy atom. The van der Waals surface area contributed by atoms with E-state index in [-0.39, 0.29) is 4.90 Å². The normalized spacial score (nSPS) is 13.1. The summed E-state index contributed by atoms with van der Waals surface area (Å²) in [5.74, 6) is -0.394. The summed E-state index contributed by atoms with van der Waals surface area (Å²) in [5.41, 5.74) is 6.96. The predicted molar refractivity (Wildman–Crippen MR) is 82.8 cm³/mol. The molecule has 4 nitrogen and oxygen atoms in total. The Kier molecular flexibility index (Phi) is 5.00. The van der Waals surface area contributed by atoms with E-state index >= 15 is 0 Å². The fourth-order valence-electron chi connectivity index (χ4n) is 1.94. The third-order valence-corrected chi connectivity index (χ3v) is 5.09. The molecule has 2 rings (SSSR count). The van der Waals surface area contributed by atoms with Crippen molar-refractivity contribution < 1.29 is 13.5 Å². The maximum absolute atomic E-state index is 12.3. The number of benzene rings is 2. The third-order valence-electron chi connectivity index (χ3n) is 3.13. The van der Waals surface area contributed by atoms with Crippen LogP contribution in [0.25, 0.3) is 0 Å². The minimum atomic E-state index is -3.60. The number of aliphatic hydroxyl groups is 1. The molecule has 1 atom stereocenters. The van der Waals surface area contributed by atoms with Crippen LogP contribution in [0, 0.1) is 0 Å². The van der Waals surface area contributed by atoms with Crippen molar-refractivity contribution in [3.63, 3.8) is 0 Å². The summed E-state index contributed by atoms with van der Waals surface area (Å²) in [5, 5.41) is 10.5. The molecule has 1 unspecified atom stereocenters. The van der Waals surface area contributed by atoms with Crippen molar-refractivity contribution in [3.8, 4) is 0 Å². The average Bonchev–Trinajstić information content (AvgIpc) is 2.47. The number of sulfone groups is 1. The van der Waals surface area contributed by atoms with Crippen molar-refractivity contribution in [1.29, 1.82) is 0 Å². The Labute approximate surface area is 129 Å². The molecule has 0 fully saturated rings. The van der Waals surface area contributed by atoms with Crippen LogP contribution in [0.4, 0.5) is 0 Å². The minimum absolute atomic E-state index is 0.104. The first-order valence-corrected chi connectivity index (χ1v) is 8.41. The van der Waals surface area contributed by atoms with E-state index in [9.17, 15) is 13.5 Å². The van der Waals surface area contributed by atoms with Gasteiger partial charge in [-0.2, -0.15) is 0 Å². The second kappa shape index (κ2) is 6.58. The highest BCUT2D eigenvalue weighted by Crippen LogP contribution is 2.22. The Balaban J connectivity index is 2.19. The molecule has 0 aromatic heterocycles. The van der Waals surface area contributed by atoms with Crippen LogP contribution in [0.5, 0.6) is 0 Å². The van der Waals surface area contributed by atoms with Gasteiger partial charge in [0.25, 0.3) is 0 Å². The minimum Gasteiger partial charge on any atom is -0.387 e.